The van der Waals surface area contributed by atoms with Crippen molar-refractivity contribution in [3.63, 3.8) is 0 Å². The Morgan fingerprint density at radius 2 is 1.64 bits per heavy atom. The zero-order valence-corrected chi connectivity index (χ0v) is 15.6. The van der Waals surface area contributed by atoms with Gasteiger partial charge in [-0.15, -0.1) is 12.4 Å². The molecule has 0 aliphatic carbocycles. The molecular formula is C19H23Cl2N3O. The van der Waals surface area contributed by atoms with E-state index in [0.29, 0.717) is 6.54 Å². The van der Waals surface area contributed by atoms with E-state index in [9.17, 15) is 4.79 Å². The molecule has 2 aromatic rings. The minimum atomic E-state index is 0. The Labute approximate surface area is 160 Å². The summed E-state index contributed by atoms with van der Waals surface area (Å²) in [6.07, 6.45) is 0. The predicted octanol–water partition coefficient (Wildman–Crippen LogP) is 3.18. The second-order valence-corrected chi connectivity index (χ2v) is 6.47. The molecule has 134 valence electrons. The van der Waals surface area contributed by atoms with Crippen LogP contribution in [0.5, 0.6) is 0 Å². The number of rotatable bonds is 4. The summed E-state index contributed by atoms with van der Waals surface area (Å²) in [6.45, 7) is 4.52. The lowest BCUT2D eigenvalue weighted by atomic mass is 10.1. The standard InChI is InChI=1S/C19H22ClN3O.ClH/c20-18-4-2-1-3-17(18)14-22-9-11-23(12-10-22)19(24)16-7-5-15(13-21)6-8-16;/h1-8H,9-14,21H2;1H. The molecule has 3 rings (SSSR count). The third-order valence-corrected chi connectivity index (χ3v) is 4.82. The quantitative estimate of drug-likeness (QED) is 0.887. The molecule has 1 heterocycles. The van der Waals surface area contributed by atoms with Gasteiger partial charge in [0.25, 0.3) is 5.91 Å². The van der Waals surface area contributed by atoms with Crippen LogP contribution in [-0.2, 0) is 13.1 Å². The van der Waals surface area contributed by atoms with Gasteiger partial charge in [-0.3, -0.25) is 9.69 Å². The Morgan fingerprint density at radius 1 is 1.00 bits per heavy atom. The molecule has 4 nitrogen and oxygen atoms in total. The zero-order chi connectivity index (χ0) is 16.9. The molecule has 0 saturated carbocycles. The van der Waals surface area contributed by atoms with Crippen molar-refractivity contribution >= 4 is 29.9 Å². The molecule has 2 aromatic carbocycles. The van der Waals surface area contributed by atoms with Gasteiger partial charge in [-0.2, -0.15) is 0 Å². The minimum Gasteiger partial charge on any atom is -0.336 e. The van der Waals surface area contributed by atoms with Crippen LogP contribution in [0.2, 0.25) is 5.02 Å². The number of benzene rings is 2. The molecule has 0 radical (unpaired) electrons. The molecule has 1 amide bonds. The Balaban J connectivity index is 0.00000225. The summed E-state index contributed by atoms with van der Waals surface area (Å²) in [6, 6.07) is 15.5. The van der Waals surface area contributed by atoms with Crippen LogP contribution in [0.15, 0.2) is 48.5 Å². The number of hydrogen-bond donors (Lipinski definition) is 1. The third kappa shape index (κ3) is 4.95. The van der Waals surface area contributed by atoms with Crippen molar-refractivity contribution in [3.05, 3.63) is 70.2 Å². The molecule has 1 aliphatic heterocycles. The highest BCUT2D eigenvalue weighted by atomic mass is 35.5. The average Bonchev–Trinajstić information content (AvgIpc) is 2.64. The molecule has 1 saturated heterocycles. The van der Waals surface area contributed by atoms with Gasteiger partial charge in [0.15, 0.2) is 0 Å². The maximum atomic E-state index is 12.6. The van der Waals surface area contributed by atoms with Crippen molar-refractivity contribution < 1.29 is 4.79 Å². The fourth-order valence-electron chi connectivity index (χ4n) is 2.94. The molecule has 0 aromatic heterocycles. The van der Waals surface area contributed by atoms with E-state index < -0.39 is 0 Å². The summed E-state index contributed by atoms with van der Waals surface area (Å²) in [5.41, 5.74) is 8.50. The van der Waals surface area contributed by atoms with Gasteiger partial charge >= 0.3 is 0 Å². The van der Waals surface area contributed by atoms with Crippen molar-refractivity contribution in [2.75, 3.05) is 26.2 Å². The molecule has 25 heavy (non-hydrogen) atoms. The van der Waals surface area contributed by atoms with Gasteiger partial charge in [-0.05, 0) is 29.3 Å². The first kappa shape index (κ1) is 19.7. The van der Waals surface area contributed by atoms with Crippen molar-refractivity contribution in [2.24, 2.45) is 5.73 Å². The Morgan fingerprint density at radius 3 is 2.24 bits per heavy atom. The van der Waals surface area contributed by atoms with Crippen LogP contribution >= 0.6 is 24.0 Å². The first-order chi connectivity index (χ1) is 11.7. The van der Waals surface area contributed by atoms with E-state index in [0.717, 1.165) is 54.4 Å². The lowest BCUT2D eigenvalue weighted by Crippen LogP contribution is -2.48. The average molecular weight is 380 g/mol. The summed E-state index contributed by atoms with van der Waals surface area (Å²) >= 11 is 6.23. The summed E-state index contributed by atoms with van der Waals surface area (Å²) < 4.78 is 0. The molecular weight excluding hydrogens is 357 g/mol. The molecule has 1 aliphatic rings. The van der Waals surface area contributed by atoms with E-state index in [1.165, 1.54) is 0 Å². The van der Waals surface area contributed by atoms with Crippen molar-refractivity contribution in [1.82, 2.24) is 9.80 Å². The van der Waals surface area contributed by atoms with E-state index in [-0.39, 0.29) is 18.3 Å². The number of halogens is 2. The highest BCUT2D eigenvalue weighted by Gasteiger charge is 2.22. The highest BCUT2D eigenvalue weighted by Crippen LogP contribution is 2.18. The lowest BCUT2D eigenvalue weighted by molar-refractivity contribution is 0.0628. The molecule has 0 unspecified atom stereocenters. The Bertz CT molecular complexity index is 698. The van der Waals surface area contributed by atoms with Crippen LogP contribution in [0.3, 0.4) is 0 Å². The second kappa shape index (κ2) is 9.20. The van der Waals surface area contributed by atoms with Gasteiger partial charge in [-0.25, -0.2) is 0 Å². The fourth-order valence-corrected chi connectivity index (χ4v) is 3.14. The largest absolute Gasteiger partial charge is 0.336 e. The van der Waals surface area contributed by atoms with Gasteiger partial charge < -0.3 is 10.6 Å². The number of carbonyl (C=O) groups is 1. The monoisotopic (exact) mass is 379 g/mol. The van der Waals surface area contributed by atoms with Crippen molar-refractivity contribution in [3.8, 4) is 0 Å². The van der Waals surface area contributed by atoms with Gasteiger partial charge in [0.2, 0.25) is 0 Å². The van der Waals surface area contributed by atoms with E-state index in [2.05, 4.69) is 11.0 Å². The first-order valence-electron chi connectivity index (χ1n) is 8.21. The lowest BCUT2D eigenvalue weighted by Gasteiger charge is -2.35. The van der Waals surface area contributed by atoms with Crippen LogP contribution in [0, 0.1) is 0 Å². The van der Waals surface area contributed by atoms with Gasteiger partial charge in [0.05, 0.1) is 0 Å². The topological polar surface area (TPSA) is 49.6 Å². The summed E-state index contributed by atoms with van der Waals surface area (Å²) in [7, 11) is 0. The molecule has 0 spiro atoms. The molecule has 0 atom stereocenters. The van der Waals surface area contributed by atoms with Gasteiger partial charge in [-0.1, -0.05) is 41.9 Å². The molecule has 0 bridgehead atoms. The Hall–Kier alpha value is -1.59. The Kier molecular flexibility index (Phi) is 7.26. The van der Waals surface area contributed by atoms with Crippen LogP contribution in [0.1, 0.15) is 21.5 Å². The maximum Gasteiger partial charge on any atom is 0.253 e. The smallest absolute Gasteiger partial charge is 0.253 e. The zero-order valence-electron chi connectivity index (χ0n) is 14.0. The van der Waals surface area contributed by atoms with E-state index in [4.69, 9.17) is 17.3 Å². The molecule has 2 N–H and O–H groups in total. The summed E-state index contributed by atoms with van der Waals surface area (Å²) in [4.78, 5) is 16.8. The summed E-state index contributed by atoms with van der Waals surface area (Å²) in [5, 5.41) is 0.802. The van der Waals surface area contributed by atoms with Crippen LogP contribution < -0.4 is 5.73 Å². The van der Waals surface area contributed by atoms with Crippen LogP contribution in [0.4, 0.5) is 0 Å². The highest BCUT2D eigenvalue weighted by molar-refractivity contribution is 6.31. The number of piperazine rings is 1. The SMILES string of the molecule is Cl.NCc1ccc(C(=O)N2CCN(Cc3ccccc3Cl)CC2)cc1. The maximum absolute atomic E-state index is 12.6. The van der Waals surface area contributed by atoms with Gasteiger partial charge in [0, 0.05) is 49.9 Å². The normalized spacial score (nSPS) is 14.9. The summed E-state index contributed by atoms with van der Waals surface area (Å²) in [5.74, 6) is 0.0935. The van der Waals surface area contributed by atoms with Gasteiger partial charge in [0.1, 0.15) is 0 Å². The van der Waals surface area contributed by atoms with Crippen LogP contribution in [0.25, 0.3) is 0 Å². The predicted molar refractivity (Wildman–Crippen MR) is 104 cm³/mol. The van der Waals surface area contributed by atoms with Crippen LogP contribution in [-0.4, -0.2) is 41.9 Å². The van der Waals surface area contributed by atoms with E-state index in [1.54, 1.807) is 0 Å². The van der Waals surface area contributed by atoms with E-state index >= 15 is 0 Å². The number of amides is 1. The number of nitrogens with two attached hydrogens (primary N) is 1. The van der Waals surface area contributed by atoms with E-state index in [1.807, 2.05) is 47.4 Å². The third-order valence-electron chi connectivity index (χ3n) is 4.45. The second-order valence-electron chi connectivity index (χ2n) is 6.06. The van der Waals surface area contributed by atoms with Crippen molar-refractivity contribution in [1.29, 1.82) is 0 Å². The number of hydrogen-bond acceptors (Lipinski definition) is 3. The molecule has 6 heteroatoms. The minimum absolute atomic E-state index is 0. The first-order valence-corrected chi connectivity index (χ1v) is 8.59. The number of carbonyl (C=O) groups excluding carboxylic acids is 1. The van der Waals surface area contributed by atoms with Crippen molar-refractivity contribution in [2.45, 2.75) is 13.1 Å². The fraction of sp³-hybridized carbons (Fsp3) is 0.316. The molecule has 1 fully saturated rings. The number of nitrogens with zero attached hydrogens (tertiary/aromatic N) is 2.